The molecule has 1 aliphatic rings. The summed E-state index contributed by atoms with van der Waals surface area (Å²) in [6, 6.07) is 9.69. The molecule has 0 bridgehead atoms. The molecule has 2 aromatic rings. The third-order valence-electron chi connectivity index (χ3n) is 4.45. The largest absolute Gasteiger partial charge is 0.379 e. The Kier molecular flexibility index (Phi) is 4.88. The minimum atomic E-state index is -0.00689. The quantitative estimate of drug-likeness (QED) is 0.864. The molecule has 0 aliphatic carbocycles. The highest BCUT2D eigenvalue weighted by molar-refractivity contribution is 5.58. The van der Waals surface area contributed by atoms with E-state index in [1.54, 1.807) is 0 Å². The smallest absolute Gasteiger partial charge is 0.277 e. The monoisotopic (exact) mass is 313 g/mol. The molecule has 0 spiro atoms. The summed E-state index contributed by atoms with van der Waals surface area (Å²) >= 11 is 0. The van der Waals surface area contributed by atoms with E-state index in [-0.39, 0.29) is 5.56 Å². The number of benzene rings is 1. The van der Waals surface area contributed by atoms with Crippen molar-refractivity contribution in [1.82, 2.24) is 14.5 Å². The van der Waals surface area contributed by atoms with E-state index in [0.29, 0.717) is 12.2 Å². The van der Waals surface area contributed by atoms with E-state index in [9.17, 15) is 4.79 Å². The third-order valence-corrected chi connectivity index (χ3v) is 4.45. The summed E-state index contributed by atoms with van der Waals surface area (Å²) in [5.74, 6) is 0. The first-order chi connectivity index (χ1) is 11.2. The molecule has 1 aromatic carbocycles. The van der Waals surface area contributed by atoms with Gasteiger partial charge in [0.15, 0.2) is 0 Å². The number of hydrogen-bond donors (Lipinski definition) is 0. The number of rotatable bonds is 4. The van der Waals surface area contributed by atoms with Crippen LogP contribution in [0.2, 0.25) is 0 Å². The standard InChI is InChI=1S/C18H23N3O2/c1-14-15(2)21(9-8-20-10-12-23-13-11-20)18(22)17(19-14)16-6-4-3-5-7-16/h3-7H,8-13H2,1-2H3. The van der Waals surface area contributed by atoms with Crippen molar-refractivity contribution in [3.8, 4) is 11.3 Å². The second-order valence-corrected chi connectivity index (χ2v) is 5.91. The lowest BCUT2D eigenvalue weighted by Gasteiger charge is -2.27. The van der Waals surface area contributed by atoms with Crippen LogP contribution in [-0.4, -0.2) is 47.3 Å². The molecule has 3 rings (SSSR count). The summed E-state index contributed by atoms with van der Waals surface area (Å²) in [7, 11) is 0. The third kappa shape index (κ3) is 3.51. The first kappa shape index (κ1) is 15.9. The zero-order valence-electron chi connectivity index (χ0n) is 13.8. The molecule has 1 aliphatic heterocycles. The minimum absolute atomic E-state index is 0.00689. The number of hydrogen-bond acceptors (Lipinski definition) is 4. The average molecular weight is 313 g/mol. The number of nitrogens with zero attached hydrogens (tertiary/aromatic N) is 3. The van der Waals surface area contributed by atoms with Gasteiger partial charge in [-0.3, -0.25) is 9.69 Å². The Morgan fingerprint density at radius 3 is 2.48 bits per heavy atom. The Labute approximate surface area is 136 Å². The van der Waals surface area contributed by atoms with Gasteiger partial charge in [-0.05, 0) is 13.8 Å². The molecule has 23 heavy (non-hydrogen) atoms. The molecule has 0 unspecified atom stereocenters. The van der Waals surface area contributed by atoms with Crippen molar-refractivity contribution in [2.75, 3.05) is 32.8 Å². The van der Waals surface area contributed by atoms with Crippen molar-refractivity contribution < 1.29 is 4.74 Å². The molecule has 0 saturated carbocycles. The molecule has 122 valence electrons. The maximum Gasteiger partial charge on any atom is 0.277 e. The fourth-order valence-electron chi connectivity index (χ4n) is 2.89. The van der Waals surface area contributed by atoms with Gasteiger partial charge in [0.1, 0.15) is 5.69 Å². The second kappa shape index (κ2) is 7.06. The molecule has 0 N–H and O–H groups in total. The summed E-state index contributed by atoms with van der Waals surface area (Å²) in [6.07, 6.45) is 0. The van der Waals surface area contributed by atoms with Crippen LogP contribution in [0.3, 0.4) is 0 Å². The van der Waals surface area contributed by atoms with Gasteiger partial charge in [-0.2, -0.15) is 0 Å². The van der Waals surface area contributed by atoms with Crippen LogP contribution in [0.5, 0.6) is 0 Å². The topological polar surface area (TPSA) is 47.4 Å². The Hall–Kier alpha value is -1.98. The summed E-state index contributed by atoms with van der Waals surface area (Å²) in [6.45, 7) is 8.91. The van der Waals surface area contributed by atoms with Crippen LogP contribution in [-0.2, 0) is 11.3 Å². The van der Waals surface area contributed by atoms with Gasteiger partial charge < -0.3 is 9.30 Å². The lowest BCUT2D eigenvalue weighted by Crippen LogP contribution is -2.40. The second-order valence-electron chi connectivity index (χ2n) is 5.91. The van der Waals surface area contributed by atoms with Crippen LogP contribution in [0.4, 0.5) is 0 Å². The van der Waals surface area contributed by atoms with Gasteiger partial charge in [0.2, 0.25) is 0 Å². The van der Waals surface area contributed by atoms with E-state index in [1.165, 1.54) is 0 Å². The van der Waals surface area contributed by atoms with Gasteiger partial charge in [0.05, 0.1) is 18.9 Å². The lowest BCUT2D eigenvalue weighted by molar-refractivity contribution is 0.0362. The van der Waals surface area contributed by atoms with E-state index >= 15 is 0 Å². The van der Waals surface area contributed by atoms with Gasteiger partial charge in [0, 0.05) is 37.4 Å². The van der Waals surface area contributed by atoms with Crippen LogP contribution in [0.15, 0.2) is 35.1 Å². The molecule has 0 atom stereocenters. The molecule has 0 amide bonds. The number of aromatic nitrogens is 2. The van der Waals surface area contributed by atoms with Gasteiger partial charge in [-0.1, -0.05) is 30.3 Å². The molecular formula is C18H23N3O2. The van der Waals surface area contributed by atoms with Crippen molar-refractivity contribution in [2.24, 2.45) is 0 Å². The summed E-state index contributed by atoms with van der Waals surface area (Å²) in [4.78, 5) is 19.7. The Bertz CT molecular complexity index is 719. The molecule has 5 heteroatoms. The number of morpholine rings is 1. The molecular weight excluding hydrogens is 290 g/mol. The maximum absolute atomic E-state index is 12.9. The first-order valence-corrected chi connectivity index (χ1v) is 8.10. The molecule has 5 nitrogen and oxygen atoms in total. The van der Waals surface area contributed by atoms with E-state index < -0.39 is 0 Å². The van der Waals surface area contributed by atoms with Gasteiger partial charge in [-0.25, -0.2) is 4.98 Å². The zero-order valence-corrected chi connectivity index (χ0v) is 13.8. The fourth-order valence-corrected chi connectivity index (χ4v) is 2.89. The predicted octanol–water partition coefficient (Wildman–Crippen LogP) is 1.86. The molecule has 1 fully saturated rings. The molecule has 2 heterocycles. The molecule has 1 aromatic heterocycles. The normalized spacial score (nSPS) is 15.7. The maximum atomic E-state index is 12.9. The molecule has 0 radical (unpaired) electrons. The highest BCUT2D eigenvalue weighted by atomic mass is 16.5. The van der Waals surface area contributed by atoms with Crippen LogP contribution in [0.25, 0.3) is 11.3 Å². The highest BCUT2D eigenvalue weighted by Gasteiger charge is 2.15. The van der Waals surface area contributed by atoms with Crippen LogP contribution < -0.4 is 5.56 Å². The molecule has 1 saturated heterocycles. The van der Waals surface area contributed by atoms with Crippen molar-refractivity contribution >= 4 is 0 Å². The van der Waals surface area contributed by atoms with Crippen molar-refractivity contribution in [2.45, 2.75) is 20.4 Å². The SMILES string of the molecule is Cc1nc(-c2ccccc2)c(=O)n(CCN2CCOCC2)c1C. The van der Waals surface area contributed by atoms with Crippen molar-refractivity contribution in [3.05, 3.63) is 52.1 Å². The Morgan fingerprint density at radius 1 is 1.09 bits per heavy atom. The minimum Gasteiger partial charge on any atom is -0.379 e. The van der Waals surface area contributed by atoms with Gasteiger partial charge in [0.25, 0.3) is 5.56 Å². The van der Waals surface area contributed by atoms with Crippen LogP contribution in [0, 0.1) is 13.8 Å². The number of ether oxygens (including phenoxy) is 1. The fraction of sp³-hybridized carbons (Fsp3) is 0.444. The van der Waals surface area contributed by atoms with E-state index in [1.807, 2.05) is 48.7 Å². The summed E-state index contributed by atoms with van der Waals surface area (Å²) in [5, 5.41) is 0. The van der Waals surface area contributed by atoms with E-state index in [0.717, 1.165) is 49.8 Å². The zero-order chi connectivity index (χ0) is 16.2. The highest BCUT2D eigenvalue weighted by Crippen LogP contribution is 2.14. The van der Waals surface area contributed by atoms with E-state index in [2.05, 4.69) is 9.88 Å². The van der Waals surface area contributed by atoms with Crippen LogP contribution in [0.1, 0.15) is 11.4 Å². The average Bonchev–Trinajstić information content (AvgIpc) is 2.60. The first-order valence-electron chi connectivity index (χ1n) is 8.10. The van der Waals surface area contributed by atoms with Gasteiger partial charge in [-0.15, -0.1) is 0 Å². The van der Waals surface area contributed by atoms with Crippen LogP contribution >= 0.6 is 0 Å². The summed E-state index contributed by atoms with van der Waals surface area (Å²) in [5.41, 5.74) is 3.26. The Morgan fingerprint density at radius 2 is 1.78 bits per heavy atom. The predicted molar refractivity (Wildman–Crippen MR) is 90.7 cm³/mol. The van der Waals surface area contributed by atoms with Crippen molar-refractivity contribution in [3.63, 3.8) is 0 Å². The van der Waals surface area contributed by atoms with E-state index in [4.69, 9.17) is 4.74 Å². The Balaban J connectivity index is 1.90. The number of aryl methyl sites for hydroxylation is 1. The lowest BCUT2D eigenvalue weighted by atomic mass is 10.1. The summed E-state index contributed by atoms with van der Waals surface area (Å²) < 4.78 is 7.24. The van der Waals surface area contributed by atoms with Gasteiger partial charge >= 0.3 is 0 Å². The van der Waals surface area contributed by atoms with Crippen molar-refractivity contribution in [1.29, 1.82) is 0 Å².